The van der Waals surface area contributed by atoms with Gasteiger partial charge in [-0.3, -0.25) is 14.5 Å². The molecule has 2 aromatic heterocycles. The predicted molar refractivity (Wildman–Crippen MR) is 137 cm³/mol. The molecule has 1 unspecified atom stereocenters. The van der Waals surface area contributed by atoms with E-state index in [4.69, 9.17) is 4.74 Å². The first-order valence-corrected chi connectivity index (χ1v) is 12.6. The highest BCUT2D eigenvalue weighted by Crippen LogP contribution is 2.44. The summed E-state index contributed by atoms with van der Waals surface area (Å²) in [5, 5.41) is 15.0. The number of ether oxygens (including phenoxy) is 1. The van der Waals surface area contributed by atoms with Crippen molar-refractivity contribution in [1.29, 1.82) is 0 Å². The number of morpholine rings is 1. The summed E-state index contributed by atoms with van der Waals surface area (Å²) < 4.78 is 5.51. The van der Waals surface area contributed by atoms with E-state index in [1.165, 1.54) is 4.90 Å². The second kappa shape index (κ2) is 9.64. The fraction of sp³-hybridized carbons (Fsp3) is 0.296. The van der Waals surface area contributed by atoms with Crippen LogP contribution in [0.5, 0.6) is 0 Å². The van der Waals surface area contributed by atoms with Gasteiger partial charge in [-0.05, 0) is 46.2 Å². The molecule has 8 heteroatoms. The van der Waals surface area contributed by atoms with Crippen molar-refractivity contribution in [2.24, 2.45) is 5.92 Å². The van der Waals surface area contributed by atoms with E-state index in [2.05, 4.69) is 15.3 Å². The van der Waals surface area contributed by atoms with E-state index in [-0.39, 0.29) is 17.3 Å². The molecule has 4 heterocycles. The Balaban J connectivity index is 1.62. The molecule has 0 radical (unpaired) electrons. The van der Waals surface area contributed by atoms with E-state index in [9.17, 15) is 14.7 Å². The predicted octanol–water partition coefficient (Wildman–Crippen LogP) is 4.77. The first-order valence-electron chi connectivity index (χ1n) is 11.7. The number of ketones is 1. The van der Waals surface area contributed by atoms with E-state index in [0.29, 0.717) is 43.4 Å². The number of aromatic nitrogens is 1. The topological polar surface area (TPSA) is 83.0 Å². The Morgan fingerprint density at radius 1 is 1.11 bits per heavy atom. The highest BCUT2D eigenvalue weighted by Gasteiger charge is 2.46. The summed E-state index contributed by atoms with van der Waals surface area (Å²) >= 11 is 1.62. The normalized spacial score (nSPS) is 18.6. The van der Waals surface area contributed by atoms with Gasteiger partial charge in [-0.1, -0.05) is 32.0 Å². The van der Waals surface area contributed by atoms with Crippen molar-refractivity contribution in [2.45, 2.75) is 19.9 Å². The van der Waals surface area contributed by atoms with Gasteiger partial charge < -0.3 is 14.7 Å². The van der Waals surface area contributed by atoms with Crippen molar-refractivity contribution in [3.63, 3.8) is 0 Å². The van der Waals surface area contributed by atoms with Crippen LogP contribution in [0.3, 0.4) is 0 Å². The average molecular weight is 490 g/mol. The maximum Gasteiger partial charge on any atom is 0.294 e. The highest BCUT2D eigenvalue weighted by atomic mass is 32.1. The number of carbonyl (C=O) groups excluding carboxylic acids is 2. The van der Waals surface area contributed by atoms with Gasteiger partial charge in [0.15, 0.2) is 11.5 Å². The van der Waals surface area contributed by atoms with Crippen LogP contribution in [-0.2, 0) is 14.3 Å². The number of anilines is 2. The molecule has 1 amide bonds. The third-order valence-corrected chi connectivity index (χ3v) is 7.10. The number of thiophene rings is 1. The zero-order chi connectivity index (χ0) is 24.5. The third kappa shape index (κ3) is 4.24. The minimum absolute atomic E-state index is 0.120. The van der Waals surface area contributed by atoms with Crippen molar-refractivity contribution < 1.29 is 19.4 Å². The zero-order valence-corrected chi connectivity index (χ0v) is 20.5. The summed E-state index contributed by atoms with van der Waals surface area (Å²) in [6.45, 7) is 6.01. The van der Waals surface area contributed by atoms with Crippen LogP contribution >= 0.6 is 11.3 Å². The summed E-state index contributed by atoms with van der Waals surface area (Å²) in [7, 11) is 0. The Morgan fingerprint density at radius 2 is 1.86 bits per heavy atom. The van der Waals surface area contributed by atoms with Crippen LogP contribution in [0.1, 0.15) is 25.5 Å². The van der Waals surface area contributed by atoms with Gasteiger partial charge >= 0.3 is 0 Å². The number of benzene rings is 1. The molecule has 1 fully saturated rings. The van der Waals surface area contributed by atoms with Gasteiger partial charge in [0.2, 0.25) is 0 Å². The Morgan fingerprint density at radius 3 is 2.51 bits per heavy atom. The van der Waals surface area contributed by atoms with Crippen molar-refractivity contribution in [3.8, 4) is 11.1 Å². The van der Waals surface area contributed by atoms with Gasteiger partial charge in [-0.2, -0.15) is 11.3 Å². The second-order valence-electron chi connectivity index (χ2n) is 8.93. The summed E-state index contributed by atoms with van der Waals surface area (Å²) in [6, 6.07) is 12.6. The molecule has 0 aliphatic carbocycles. The standard InChI is InChI=1S/C27H27N3O4S/c1-17(2)24(31)22-23(21-4-3-10-28-26(21)29-11-13-34-14-12-29)30(27(33)25(22)32)20-7-5-18(6-8-20)19-9-15-35-16-19/h3-10,15-17,23,32H,11-14H2,1-2H3. The molecule has 1 atom stereocenters. The SMILES string of the molecule is CC(C)C(=O)C1=C(O)C(=O)N(c2ccc(-c3ccsc3)cc2)C1c1cccnc1N1CCOCC1. The molecule has 1 saturated heterocycles. The molecule has 2 aliphatic heterocycles. The maximum atomic E-state index is 13.4. The number of carbonyl (C=O) groups is 2. The van der Waals surface area contributed by atoms with Crippen LogP contribution in [-0.4, -0.2) is 48.1 Å². The Kier molecular flexibility index (Phi) is 6.40. The summed E-state index contributed by atoms with van der Waals surface area (Å²) in [6.07, 6.45) is 1.71. The molecule has 0 bridgehead atoms. The maximum absolute atomic E-state index is 13.4. The fourth-order valence-electron chi connectivity index (χ4n) is 4.63. The van der Waals surface area contributed by atoms with E-state index in [1.807, 2.05) is 41.8 Å². The van der Waals surface area contributed by atoms with Crippen molar-refractivity contribution in [2.75, 3.05) is 36.1 Å². The van der Waals surface area contributed by atoms with Crippen molar-refractivity contribution in [1.82, 2.24) is 4.98 Å². The molecule has 180 valence electrons. The number of aliphatic hydroxyl groups is 1. The van der Waals surface area contributed by atoms with Crippen LogP contribution in [0.2, 0.25) is 0 Å². The first kappa shape index (κ1) is 23.3. The molecule has 7 nitrogen and oxygen atoms in total. The lowest BCUT2D eigenvalue weighted by atomic mass is 9.91. The minimum Gasteiger partial charge on any atom is -0.503 e. The monoisotopic (exact) mass is 489 g/mol. The van der Waals surface area contributed by atoms with Crippen LogP contribution < -0.4 is 9.80 Å². The third-order valence-electron chi connectivity index (χ3n) is 6.42. The average Bonchev–Trinajstić information content (AvgIpc) is 3.51. The molecular formula is C27H27N3O4S. The van der Waals surface area contributed by atoms with Gasteiger partial charge in [-0.25, -0.2) is 4.98 Å². The van der Waals surface area contributed by atoms with Gasteiger partial charge in [0, 0.05) is 36.5 Å². The molecule has 35 heavy (non-hydrogen) atoms. The number of pyridine rings is 1. The van der Waals surface area contributed by atoms with Crippen molar-refractivity contribution in [3.05, 3.63) is 76.3 Å². The Hall–Kier alpha value is -3.49. The minimum atomic E-state index is -0.782. The lowest BCUT2D eigenvalue weighted by Gasteiger charge is -2.33. The van der Waals surface area contributed by atoms with Gasteiger partial charge in [0.05, 0.1) is 24.8 Å². The number of nitrogens with zero attached hydrogens (tertiary/aromatic N) is 3. The first-order chi connectivity index (χ1) is 17.0. The van der Waals surface area contributed by atoms with Gasteiger partial charge in [-0.15, -0.1) is 0 Å². The Labute approximate surface area is 208 Å². The molecule has 0 spiro atoms. The molecule has 2 aliphatic rings. The zero-order valence-electron chi connectivity index (χ0n) is 19.7. The van der Waals surface area contributed by atoms with E-state index in [0.717, 1.165) is 11.1 Å². The quantitative estimate of drug-likeness (QED) is 0.537. The van der Waals surface area contributed by atoms with Gasteiger partial charge in [0.25, 0.3) is 5.91 Å². The fourth-order valence-corrected chi connectivity index (χ4v) is 5.30. The Bertz CT molecular complexity index is 1260. The van der Waals surface area contributed by atoms with Crippen LogP contribution in [0.4, 0.5) is 11.5 Å². The lowest BCUT2D eigenvalue weighted by molar-refractivity contribution is -0.119. The van der Waals surface area contributed by atoms with Crippen molar-refractivity contribution >= 4 is 34.5 Å². The van der Waals surface area contributed by atoms with Gasteiger partial charge in [0.1, 0.15) is 5.82 Å². The van der Waals surface area contributed by atoms with E-state index >= 15 is 0 Å². The molecular weight excluding hydrogens is 462 g/mol. The van der Waals surface area contributed by atoms with E-state index < -0.39 is 17.7 Å². The molecule has 3 aromatic rings. The number of hydrogen-bond donors (Lipinski definition) is 1. The number of hydrogen-bond acceptors (Lipinski definition) is 7. The second-order valence-corrected chi connectivity index (χ2v) is 9.71. The largest absolute Gasteiger partial charge is 0.503 e. The summed E-state index contributed by atoms with van der Waals surface area (Å²) in [5.41, 5.74) is 3.56. The number of rotatable bonds is 6. The molecule has 1 aromatic carbocycles. The molecule has 0 saturated carbocycles. The number of aliphatic hydroxyl groups excluding tert-OH is 1. The number of Topliss-reactive ketones (excluding diaryl/α,β-unsaturated/α-hetero) is 1. The van der Waals surface area contributed by atoms with Crippen LogP contribution in [0.25, 0.3) is 11.1 Å². The summed E-state index contributed by atoms with van der Waals surface area (Å²) in [5.74, 6) is -1.02. The lowest BCUT2D eigenvalue weighted by Crippen LogP contribution is -2.39. The highest BCUT2D eigenvalue weighted by molar-refractivity contribution is 7.08. The molecule has 5 rings (SSSR count). The molecule has 1 N–H and O–H groups in total. The van der Waals surface area contributed by atoms with Crippen LogP contribution in [0, 0.1) is 5.92 Å². The van der Waals surface area contributed by atoms with Crippen LogP contribution in [0.15, 0.2) is 70.8 Å². The smallest absolute Gasteiger partial charge is 0.294 e. The summed E-state index contributed by atoms with van der Waals surface area (Å²) in [4.78, 5) is 35.0. The van der Waals surface area contributed by atoms with E-state index in [1.54, 1.807) is 37.4 Å². The number of amides is 1.